The fourth-order valence-corrected chi connectivity index (χ4v) is 0.346. The fraction of sp³-hybridized carbons (Fsp3) is 0.667. The molecule has 0 aliphatic rings. The lowest BCUT2D eigenvalue weighted by molar-refractivity contribution is -0.114. The lowest BCUT2D eigenvalue weighted by Gasteiger charge is -1.86. The first-order valence-corrected chi connectivity index (χ1v) is 4.10. The van der Waals surface area contributed by atoms with Crippen LogP contribution in [0.25, 0.3) is 0 Å². The SMILES string of the molecule is C/C=C(\C)C(N)=O.CCOCC. The van der Waals surface area contributed by atoms with E-state index in [0.717, 1.165) is 13.2 Å². The van der Waals surface area contributed by atoms with E-state index in [9.17, 15) is 4.79 Å². The van der Waals surface area contributed by atoms with E-state index in [-0.39, 0.29) is 5.91 Å². The predicted octanol–water partition coefficient (Wildman–Crippen LogP) is 1.48. The molecule has 3 nitrogen and oxygen atoms in total. The van der Waals surface area contributed by atoms with Crippen molar-refractivity contribution in [1.29, 1.82) is 0 Å². The molecule has 0 saturated carbocycles. The standard InChI is InChI=1S/C5H9NO.C4H10O/c1-3-4(2)5(6)7;1-3-5-4-2/h3H,1-2H3,(H2,6,7);3-4H2,1-2H3/b4-3+;. The molecule has 0 atom stereocenters. The van der Waals surface area contributed by atoms with Crippen LogP contribution in [-0.2, 0) is 9.53 Å². The molecular formula is C9H19NO2. The molecule has 0 spiro atoms. The van der Waals surface area contributed by atoms with E-state index in [2.05, 4.69) is 0 Å². The van der Waals surface area contributed by atoms with Gasteiger partial charge in [-0.2, -0.15) is 0 Å². The van der Waals surface area contributed by atoms with Crippen LogP contribution in [0.4, 0.5) is 0 Å². The summed E-state index contributed by atoms with van der Waals surface area (Å²) in [4.78, 5) is 10.1. The van der Waals surface area contributed by atoms with Gasteiger partial charge in [-0.05, 0) is 27.7 Å². The minimum Gasteiger partial charge on any atom is -0.382 e. The first-order chi connectivity index (χ1) is 5.59. The zero-order chi connectivity index (χ0) is 9.98. The van der Waals surface area contributed by atoms with Gasteiger partial charge in [0.25, 0.3) is 0 Å². The summed E-state index contributed by atoms with van der Waals surface area (Å²) in [6.07, 6.45) is 1.68. The number of hydrogen-bond acceptors (Lipinski definition) is 2. The molecule has 0 aliphatic carbocycles. The average Bonchev–Trinajstić information content (AvgIpc) is 2.05. The molecule has 0 unspecified atom stereocenters. The summed E-state index contributed by atoms with van der Waals surface area (Å²) in [5.74, 6) is -0.345. The van der Waals surface area contributed by atoms with Crippen LogP contribution in [0, 0.1) is 0 Å². The molecule has 0 saturated heterocycles. The number of ether oxygens (including phenoxy) is 1. The second kappa shape index (κ2) is 10.2. The highest BCUT2D eigenvalue weighted by Gasteiger charge is 1.90. The molecule has 0 radical (unpaired) electrons. The fourth-order valence-electron chi connectivity index (χ4n) is 0.346. The van der Waals surface area contributed by atoms with Crippen LogP contribution in [0.3, 0.4) is 0 Å². The van der Waals surface area contributed by atoms with Crippen molar-refractivity contribution in [2.75, 3.05) is 13.2 Å². The third kappa shape index (κ3) is 11.9. The molecule has 72 valence electrons. The summed E-state index contributed by atoms with van der Waals surface area (Å²) in [6.45, 7) is 9.13. The molecule has 0 bridgehead atoms. The zero-order valence-corrected chi connectivity index (χ0v) is 8.39. The molecule has 3 heteroatoms. The number of rotatable bonds is 3. The highest BCUT2D eigenvalue weighted by atomic mass is 16.5. The Morgan fingerprint density at radius 3 is 1.83 bits per heavy atom. The molecule has 1 amide bonds. The van der Waals surface area contributed by atoms with Crippen LogP contribution in [0.5, 0.6) is 0 Å². The highest BCUT2D eigenvalue weighted by Crippen LogP contribution is 1.85. The number of hydrogen-bond donors (Lipinski definition) is 1. The first kappa shape index (κ1) is 13.7. The number of nitrogens with two attached hydrogens (primary N) is 1. The van der Waals surface area contributed by atoms with E-state index in [1.807, 2.05) is 13.8 Å². The molecule has 2 N–H and O–H groups in total. The van der Waals surface area contributed by atoms with Crippen molar-refractivity contribution >= 4 is 5.91 Å². The van der Waals surface area contributed by atoms with Gasteiger partial charge < -0.3 is 10.5 Å². The number of carbonyl (C=O) groups is 1. The Morgan fingerprint density at radius 2 is 1.83 bits per heavy atom. The van der Waals surface area contributed by atoms with Crippen molar-refractivity contribution in [3.63, 3.8) is 0 Å². The molecule has 12 heavy (non-hydrogen) atoms. The lowest BCUT2D eigenvalue weighted by Crippen LogP contribution is -2.10. The van der Waals surface area contributed by atoms with Crippen molar-refractivity contribution in [3.05, 3.63) is 11.6 Å². The van der Waals surface area contributed by atoms with Crippen molar-refractivity contribution in [2.45, 2.75) is 27.7 Å². The van der Waals surface area contributed by atoms with Gasteiger partial charge in [-0.25, -0.2) is 0 Å². The van der Waals surface area contributed by atoms with Crippen LogP contribution in [0.2, 0.25) is 0 Å². The lowest BCUT2D eigenvalue weighted by atomic mass is 10.3. The van der Waals surface area contributed by atoms with Gasteiger partial charge >= 0.3 is 0 Å². The van der Waals surface area contributed by atoms with E-state index >= 15 is 0 Å². The minimum atomic E-state index is -0.345. The van der Waals surface area contributed by atoms with Crippen LogP contribution in [-0.4, -0.2) is 19.1 Å². The minimum absolute atomic E-state index is 0.345. The topological polar surface area (TPSA) is 52.3 Å². The van der Waals surface area contributed by atoms with Gasteiger partial charge in [0.2, 0.25) is 5.91 Å². The monoisotopic (exact) mass is 173 g/mol. The highest BCUT2D eigenvalue weighted by molar-refractivity contribution is 5.91. The third-order valence-electron chi connectivity index (χ3n) is 1.23. The summed E-state index contributed by atoms with van der Waals surface area (Å²) >= 11 is 0. The van der Waals surface area contributed by atoms with E-state index in [0.29, 0.717) is 5.57 Å². The van der Waals surface area contributed by atoms with Crippen LogP contribution in [0.1, 0.15) is 27.7 Å². The molecular weight excluding hydrogens is 154 g/mol. The molecule has 0 aromatic carbocycles. The van der Waals surface area contributed by atoms with Gasteiger partial charge in [-0.3, -0.25) is 4.79 Å². The van der Waals surface area contributed by atoms with Crippen molar-refractivity contribution in [1.82, 2.24) is 0 Å². The number of primary amides is 1. The van der Waals surface area contributed by atoms with Gasteiger partial charge in [0.1, 0.15) is 0 Å². The van der Waals surface area contributed by atoms with Gasteiger partial charge in [0.15, 0.2) is 0 Å². The summed E-state index contributed by atoms with van der Waals surface area (Å²) < 4.78 is 4.83. The molecule has 0 aromatic rings. The van der Waals surface area contributed by atoms with Crippen molar-refractivity contribution in [3.8, 4) is 0 Å². The Balaban J connectivity index is 0. The average molecular weight is 173 g/mol. The first-order valence-electron chi connectivity index (χ1n) is 4.10. The second-order valence-electron chi connectivity index (χ2n) is 2.12. The quantitative estimate of drug-likeness (QED) is 0.657. The van der Waals surface area contributed by atoms with Crippen LogP contribution in [0.15, 0.2) is 11.6 Å². The van der Waals surface area contributed by atoms with Gasteiger partial charge in [0, 0.05) is 18.8 Å². The van der Waals surface area contributed by atoms with E-state index in [4.69, 9.17) is 10.5 Å². The summed E-state index contributed by atoms with van der Waals surface area (Å²) in [5, 5.41) is 0. The smallest absolute Gasteiger partial charge is 0.243 e. The van der Waals surface area contributed by atoms with Crippen LogP contribution >= 0.6 is 0 Å². The maximum Gasteiger partial charge on any atom is 0.243 e. The van der Waals surface area contributed by atoms with E-state index < -0.39 is 0 Å². The summed E-state index contributed by atoms with van der Waals surface area (Å²) in [6, 6.07) is 0. The predicted molar refractivity (Wildman–Crippen MR) is 50.8 cm³/mol. The van der Waals surface area contributed by atoms with Gasteiger partial charge in [0.05, 0.1) is 0 Å². The molecule has 0 fully saturated rings. The maximum absolute atomic E-state index is 10.1. The summed E-state index contributed by atoms with van der Waals surface area (Å²) in [7, 11) is 0. The number of amides is 1. The molecule has 0 aromatic heterocycles. The second-order valence-corrected chi connectivity index (χ2v) is 2.12. The Hall–Kier alpha value is -0.830. The largest absolute Gasteiger partial charge is 0.382 e. The molecule has 0 rings (SSSR count). The third-order valence-corrected chi connectivity index (χ3v) is 1.23. The number of allylic oxidation sites excluding steroid dienone is 1. The zero-order valence-electron chi connectivity index (χ0n) is 8.39. The Bertz CT molecular complexity index is 139. The maximum atomic E-state index is 10.1. The van der Waals surface area contributed by atoms with E-state index in [1.165, 1.54) is 0 Å². The Morgan fingerprint density at radius 1 is 1.42 bits per heavy atom. The molecule has 0 heterocycles. The van der Waals surface area contributed by atoms with Crippen LogP contribution < -0.4 is 5.73 Å². The van der Waals surface area contributed by atoms with Crippen molar-refractivity contribution < 1.29 is 9.53 Å². The van der Waals surface area contributed by atoms with Gasteiger partial charge in [-0.15, -0.1) is 0 Å². The normalized spacial score (nSPS) is 10.2. The van der Waals surface area contributed by atoms with Gasteiger partial charge in [-0.1, -0.05) is 6.08 Å². The van der Waals surface area contributed by atoms with E-state index in [1.54, 1.807) is 19.9 Å². The summed E-state index contributed by atoms with van der Waals surface area (Å²) in [5.41, 5.74) is 5.45. The number of carbonyl (C=O) groups excluding carboxylic acids is 1. The van der Waals surface area contributed by atoms with Crippen molar-refractivity contribution in [2.24, 2.45) is 5.73 Å². The molecule has 0 aliphatic heterocycles. The Labute approximate surface area is 74.6 Å². The Kier molecular flexibility index (Phi) is 11.6.